The van der Waals surface area contributed by atoms with Gasteiger partial charge in [0.05, 0.1) is 0 Å². The molecule has 17 heavy (non-hydrogen) atoms. The van der Waals surface area contributed by atoms with Gasteiger partial charge in [0.1, 0.15) is 11.8 Å². The molecular formula is C11H13BrN4O. The molecule has 0 fully saturated rings. The molecule has 6 heteroatoms. The van der Waals surface area contributed by atoms with Gasteiger partial charge in [-0.15, -0.1) is 5.10 Å². The lowest BCUT2D eigenvalue weighted by Gasteiger charge is -2.14. The van der Waals surface area contributed by atoms with Crippen LogP contribution in [0.3, 0.4) is 0 Å². The van der Waals surface area contributed by atoms with Gasteiger partial charge in [-0.3, -0.25) is 4.98 Å². The zero-order valence-electron chi connectivity index (χ0n) is 9.63. The van der Waals surface area contributed by atoms with E-state index in [1.54, 1.807) is 24.1 Å². The molecule has 0 radical (unpaired) electrons. The van der Waals surface area contributed by atoms with Crippen LogP contribution in [-0.2, 0) is 13.5 Å². The molecule has 0 saturated heterocycles. The lowest BCUT2D eigenvalue weighted by molar-refractivity contribution is 0.208. The van der Waals surface area contributed by atoms with Crippen LogP contribution in [0.2, 0.25) is 0 Å². The molecule has 0 saturated carbocycles. The van der Waals surface area contributed by atoms with Crippen molar-refractivity contribution < 1.29 is 5.11 Å². The maximum Gasteiger partial charge on any atom is 0.154 e. The standard InChI is InChI=1S/C11H13BrN4O/c1-3-7-6-13-5-4-8(7)10(17)9-11(12)14-15-16(9)2/h4-6,10,17H,3H2,1-2H3. The summed E-state index contributed by atoms with van der Waals surface area (Å²) in [5, 5.41) is 18.1. The van der Waals surface area contributed by atoms with E-state index in [0.29, 0.717) is 10.3 Å². The summed E-state index contributed by atoms with van der Waals surface area (Å²) in [6.45, 7) is 2.03. The number of nitrogens with zero attached hydrogens (tertiary/aromatic N) is 4. The van der Waals surface area contributed by atoms with Gasteiger partial charge in [-0.25, -0.2) is 4.68 Å². The summed E-state index contributed by atoms with van der Waals surface area (Å²) < 4.78 is 2.13. The first-order chi connectivity index (χ1) is 8.15. The molecule has 0 aliphatic heterocycles. The molecule has 2 aromatic rings. The van der Waals surface area contributed by atoms with Crippen molar-refractivity contribution in [1.29, 1.82) is 0 Å². The highest BCUT2D eigenvalue weighted by Crippen LogP contribution is 2.28. The van der Waals surface area contributed by atoms with Gasteiger partial charge >= 0.3 is 0 Å². The van der Waals surface area contributed by atoms with Crippen LogP contribution < -0.4 is 0 Å². The quantitative estimate of drug-likeness (QED) is 0.935. The van der Waals surface area contributed by atoms with Crippen molar-refractivity contribution in [3.63, 3.8) is 0 Å². The minimum Gasteiger partial charge on any atom is -0.382 e. The van der Waals surface area contributed by atoms with Gasteiger partial charge in [-0.1, -0.05) is 12.1 Å². The zero-order chi connectivity index (χ0) is 12.4. The number of hydrogen-bond acceptors (Lipinski definition) is 4. The molecule has 0 aliphatic carbocycles. The van der Waals surface area contributed by atoms with Crippen LogP contribution >= 0.6 is 15.9 Å². The van der Waals surface area contributed by atoms with E-state index >= 15 is 0 Å². The Balaban J connectivity index is 2.47. The number of aromatic nitrogens is 4. The lowest BCUT2D eigenvalue weighted by Crippen LogP contribution is -2.09. The molecule has 1 atom stereocenters. The maximum absolute atomic E-state index is 10.4. The number of aliphatic hydroxyl groups excluding tert-OH is 1. The first-order valence-electron chi connectivity index (χ1n) is 5.31. The average molecular weight is 297 g/mol. The van der Waals surface area contributed by atoms with Crippen molar-refractivity contribution in [1.82, 2.24) is 20.0 Å². The van der Waals surface area contributed by atoms with E-state index in [1.807, 2.05) is 13.0 Å². The summed E-state index contributed by atoms with van der Waals surface area (Å²) in [5.41, 5.74) is 2.51. The Kier molecular flexibility index (Phi) is 3.54. The topological polar surface area (TPSA) is 63.8 Å². The third-order valence-corrected chi connectivity index (χ3v) is 3.27. The lowest BCUT2D eigenvalue weighted by atomic mass is 10.0. The fraction of sp³-hybridized carbons (Fsp3) is 0.364. The smallest absolute Gasteiger partial charge is 0.154 e. The second-order valence-electron chi connectivity index (χ2n) is 3.72. The summed E-state index contributed by atoms with van der Waals surface area (Å²) in [6, 6.07) is 1.82. The number of aryl methyl sites for hydroxylation is 2. The van der Waals surface area contributed by atoms with Crippen LogP contribution in [0.5, 0.6) is 0 Å². The Bertz CT molecular complexity index is 506. The molecule has 0 spiro atoms. The van der Waals surface area contributed by atoms with Crippen molar-refractivity contribution in [2.24, 2.45) is 7.05 Å². The van der Waals surface area contributed by atoms with E-state index in [4.69, 9.17) is 0 Å². The van der Waals surface area contributed by atoms with Crippen LogP contribution in [0.1, 0.15) is 29.8 Å². The Morgan fingerprint density at radius 3 is 2.88 bits per heavy atom. The third kappa shape index (κ3) is 2.23. The van der Waals surface area contributed by atoms with Gasteiger partial charge in [0.25, 0.3) is 0 Å². The minimum atomic E-state index is -0.748. The van der Waals surface area contributed by atoms with Crippen LogP contribution in [0, 0.1) is 0 Å². The Hall–Kier alpha value is -1.27. The third-order valence-electron chi connectivity index (χ3n) is 2.70. The first-order valence-corrected chi connectivity index (χ1v) is 6.10. The van der Waals surface area contributed by atoms with Crippen molar-refractivity contribution >= 4 is 15.9 Å². The highest BCUT2D eigenvalue weighted by atomic mass is 79.9. The summed E-state index contributed by atoms with van der Waals surface area (Å²) in [5.74, 6) is 0. The number of aliphatic hydroxyl groups is 1. The highest BCUT2D eigenvalue weighted by molar-refractivity contribution is 9.10. The Morgan fingerprint density at radius 2 is 2.29 bits per heavy atom. The maximum atomic E-state index is 10.4. The first kappa shape index (κ1) is 12.2. The van der Waals surface area contributed by atoms with Gasteiger partial charge < -0.3 is 5.11 Å². The van der Waals surface area contributed by atoms with Crippen LogP contribution in [0.4, 0.5) is 0 Å². The zero-order valence-corrected chi connectivity index (χ0v) is 11.2. The Labute approximate surface area is 108 Å². The van der Waals surface area contributed by atoms with Crippen LogP contribution in [0.25, 0.3) is 0 Å². The molecule has 1 unspecified atom stereocenters. The summed E-state index contributed by atoms with van der Waals surface area (Å²) >= 11 is 3.29. The molecule has 0 aromatic carbocycles. The number of hydrogen-bond donors (Lipinski definition) is 1. The fourth-order valence-electron chi connectivity index (χ4n) is 1.78. The van der Waals surface area contributed by atoms with Gasteiger partial charge in [-0.2, -0.15) is 0 Å². The van der Waals surface area contributed by atoms with Crippen LogP contribution in [0.15, 0.2) is 23.1 Å². The van der Waals surface area contributed by atoms with Crippen molar-refractivity contribution in [2.45, 2.75) is 19.4 Å². The van der Waals surface area contributed by atoms with E-state index in [1.165, 1.54) is 0 Å². The van der Waals surface area contributed by atoms with Gasteiger partial charge in [0.2, 0.25) is 0 Å². The predicted molar refractivity (Wildman–Crippen MR) is 66.4 cm³/mol. The van der Waals surface area contributed by atoms with Gasteiger partial charge in [0, 0.05) is 19.4 Å². The van der Waals surface area contributed by atoms with E-state index in [2.05, 4.69) is 31.2 Å². The van der Waals surface area contributed by atoms with Crippen LogP contribution in [-0.4, -0.2) is 25.1 Å². The monoisotopic (exact) mass is 296 g/mol. The van der Waals surface area contributed by atoms with E-state index in [-0.39, 0.29) is 0 Å². The van der Waals surface area contributed by atoms with Crippen molar-refractivity contribution in [3.8, 4) is 0 Å². The molecular weight excluding hydrogens is 284 g/mol. The van der Waals surface area contributed by atoms with Crippen molar-refractivity contribution in [2.75, 3.05) is 0 Å². The highest BCUT2D eigenvalue weighted by Gasteiger charge is 2.21. The SMILES string of the molecule is CCc1cnccc1C(O)c1c(Br)nnn1C. The fourth-order valence-corrected chi connectivity index (χ4v) is 2.32. The summed E-state index contributed by atoms with van der Waals surface area (Å²) in [6.07, 6.45) is 3.52. The molecule has 0 bridgehead atoms. The van der Waals surface area contributed by atoms with Gasteiger partial charge in [-0.05, 0) is 39.5 Å². The number of halogens is 1. The average Bonchev–Trinajstić information content (AvgIpc) is 2.68. The molecule has 5 nitrogen and oxygen atoms in total. The van der Waals surface area contributed by atoms with E-state index in [9.17, 15) is 5.11 Å². The molecule has 2 aromatic heterocycles. The van der Waals surface area contributed by atoms with Crippen molar-refractivity contribution in [3.05, 3.63) is 39.9 Å². The number of rotatable bonds is 3. The Morgan fingerprint density at radius 1 is 1.53 bits per heavy atom. The minimum absolute atomic E-state index is 0.561. The molecule has 2 rings (SSSR count). The molecule has 1 N–H and O–H groups in total. The van der Waals surface area contributed by atoms with E-state index in [0.717, 1.165) is 17.5 Å². The molecule has 0 aliphatic rings. The second-order valence-corrected chi connectivity index (χ2v) is 4.47. The van der Waals surface area contributed by atoms with E-state index < -0.39 is 6.10 Å². The second kappa shape index (κ2) is 4.93. The number of pyridine rings is 1. The van der Waals surface area contributed by atoms with Gasteiger partial charge in [0.15, 0.2) is 4.60 Å². The molecule has 0 amide bonds. The summed E-state index contributed by atoms with van der Waals surface area (Å²) in [7, 11) is 1.75. The summed E-state index contributed by atoms with van der Waals surface area (Å²) in [4.78, 5) is 4.06. The normalized spacial score (nSPS) is 12.7. The molecule has 2 heterocycles. The largest absolute Gasteiger partial charge is 0.382 e. The molecule has 90 valence electrons. The predicted octanol–water partition coefficient (Wildman–Crippen LogP) is 1.62.